The number of nitrogens with two attached hydrogens (primary N) is 7. The van der Waals surface area contributed by atoms with Gasteiger partial charge in [-0.1, -0.05) is 43.2 Å². The molecule has 0 amide bonds. The minimum atomic E-state index is -1.00. The van der Waals surface area contributed by atoms with Gasteiger partial charge in [0.15, 0.2) is 5.96 Å². The second kappa shape index (κ2) is 29.2. The van der Waals surface area contributed by atoms with Crippen molar-refractivity contribution in [1.29, 1.82) is 5.41 Å². The maximum Gasteiger partial charge on any atom is 0.320 e. The highest BCUT2D eigenvalue weighted by molar-refractivity contribution is 5.75. The average molecular weight is 632 g/mol. The predicted molar refractivity (Wildman–Crippen MR) is 168 cm³/mol. The highest BCUT2D eigenvalue weighted by Gasteiger charge is 2.12. The van der Waals surface area contributed by atoms with Crippen molar-refractivity contribution in [1.82, 2.24) is 5.32 Å². The van der Waals surface area contributed by atoms with E-state index in [1.165, 1.54) is 0 Å². The number of guanidine groups is 1. The Kier molecular flexibility index (Phi) is 29.6. The van der Waals surface area contributed by atoms with E-state index in [0.717, 1.165) is 31.2 Å². The van der Waals surface area contributed by atoms with Crippen molar-refractivity contribution >= 4 is 29.8 Å². The third-order valence-corrected chi connectivity index (χ3v) is 5.51. The van der Waals surface area contributed by atoms with Crippen molar-refractivity contribution < 1.29 is 39.6 Å². The largest absolute Gasteiger partial charge is 0.480 e. The van der Waals surface area contributed by atoms with E-state index in [-0.39, 0.29) is 5.96 Å². The van der Waals surface area contributed by atoms with Gasteiger partial charge >= 0.3 is 23.9 Å². The van der Waals surface area contributed by atoms with E-state index in [0.29, 0.717) is 51.7 Å². The van der Waals surface area contributed by atoms with E-state index in [9.17, 15) is 19.2 Å². The molecule has 0 bridgehead atoms. The fraction of sp³-hybridized carbons (Fsp3) is 0.593. The van der Waals surface area contributed by atoms with Crippen LogP contribution in [0.5, 0.6) is 0 Å². The number of hydrogen-bond donors (Lipinski definition) is 13. The Morgan fingerprint density at radius 1 is 0.636 bits per heavy atom. The summed E-state index contributed by atoms with van der Waals surface area (Å²) in [4.78, 5) is 40.9. The van der Waals surface area contributed by atoms with Crippen molar-refractivity contribution in [3.8, 4) is 0 Å². The third-order valence-electron chi connectivity index (χ3n) is 5.51. The lowest BCUT2D eigenvalue weighted by Crippen LogP contribution is -2.34. The first-order valence-corrected chi connectivity index (χ1v) is 14.1. The maximum atomic E-state index is 10.4. The zero-order chi connectivity index (χ0) is 34.5. The molecule has 4 atom stereocenters. The fourth-order valence-electron chi connectivity index (χ4n) is 2.89. The first kappa shape index (κ1) is 44.6. The highest BCUT2D eigenvalue weighted by atomic mass is 16.4. The molecule has 17 nitrogen and oxygen atoms in total. The van der Waals surface area contributed by atoms with Crippen LogP contribution in [0.3, 0.4) is 0 Å². The lowest BCUT2D eigenvalue weighted by atomic mass is 10.1. The summed E-state index contributed by atoms with van der Waals surface area (Å²) in [5.74, 6) is -3.94. The van der Waals surface area contributed by atoms with E-state index in [1.54, 1.807) is 0 Å². The summed E-state index contributed by atoms with van der Waals surface area (Å²) in [6.07, 6.45) is 5.69. The molecular weight excluding hydrogens is 578 g/mol. The monoisotopic (exact) mass is 631 g/mol. The molecular formula is C27H53N9O8. The van der Waals surface area contributed by atoms with Crippen LogP contribution >= 0.6 is 0 Å². The Morgan fingerprint density at radius 2 is 1.00 bits per heavy atom. The second-order valence-corrected chi connectivity index (χ2v) is 9.52. The van der Waals surface area contributed by atoms with Gasteiger partial charge in [0.25, 0.3) is 0 Å². The molecule has 0 aromatic heterocycles. The number of carboxylic acid groups (broad SMARTS) is 4. The molecule has 0 aliphatic rings. The molecule has 0 saturated heterocycles. The number of unbranched alkanes of at least 4 members (excludes halogenated alkanes) is 2. The molecule has 20 N–H and O–H groups in total. The van der Waals surface area contributed by atoms with Crippen molar-refractivity contribution in [2.24, 2.45) is 40.1 Å². The number of aliphatic carboxylic acids is 4. The zero-order valence-electron chi connectivity index (χ0n) is 25.1. The molecule has 0 spiro atoms. The molecule has 17 heteroatoms. The van der Waals surface area contributed by atoms with Gasteiger partial charge in [-0.15, -0.1) is 0 Å². The van der Waals surface area contributed by atoms with Crippen molar-refractivity contribution in [3.05, 3.63) is 35.9 Å². The number of carbonyl (C=O) groups is 4. The third kappa shape index (κ3) is 31.1. The van der Waals surface area contributed by atoms with Crippen LogP contribution < -0.4 is 45.5 Å². The molecule has 0 heterocycles. The van der Waals surface area contributed by atoms with Gasteiger partial charge in [0.2, 0.25) is 0 Å². The Labute approximate surface area is 258 Å². The summed E-state index contributed by atoms with van der Waals surface area (Å²) in [6, 6.07) is 6.29. The minimum absolute atomic E-state index is 0.112. The Morgan fingerprint density at radius 3 is 1.32 bits per heavy atom. The number of benzene rings is 1. The average Bonchev–Trinajstić information content (AvgIpc) is 2.96. The quantitative estimate of drug-likeness (QED) is 0.0490. The van der Waals surface area contributed by atoms with E-state index < -0.39 is 48.0 Å². The molecule has 0 aliphatic carbocycles. The van der Waals surface area contributed by atoms with Crippen LogP contribution in [-0.2, 0) is 25.6 Å². The maximum absolute atomic E-state index is 10.4. The number of rotatable bonds is 18. The van der Waals surface area contributed by atoms with Gasteiger partial charge in [-0.2, -0.15) is 0 Å². The number of nitrogens with one attached hydrogen (secondary N) is 2. The lowest BCUT2D eigenvalue weighted by Gasteiger charge is -2.06. The Bertz CT molecular complexity index is 900. The van der Waals surface area contributed by atoms with Crippen LogP contribution in [0.25, 0.3) is 0 Å². The SMILES string of the molecule is N=C(N)NCCC[C@H](N)C(=O)O.NCCCC[C@H](N)C(=O)O.NCCCC[C@H](N)C(=O)O.N[C@@H](Cc1ccccc1)C(=O)O. The minimum Gasteiger partial charge on any atom is -0.480 e. The van der Waals surface area contributed by atoms with Gasteiger partial charge in [0.1, 0.15) is 24.2 Å². The van der Waals surface area contributed by atoms with Gasteiger partial charge in [-0.05, 0) is 63.6 Å². The Balaban J connectivity index is -0.000000512. The van der Waals surface area contributed by atoms with E-state index >= 15 is 0 Å². The van der Waals surface area contributed by atoms with E-state index in [4.69, 9.17) is 66.0 Å². The summed E-state index contributed by atoms with van der Waals surface area (Å²) in [6.45, 7) is 1.69. The zero-order valence-corrected chi connectivity index (χ0v) is 25.1. The fourth-order valence-corrected chi connectivity index (χ4v) is 2.89. The molecule has 0 aliphatic heterocycles. The van der Waals surface area contributed by atoms with Crippen LogP contribution in [0.15, 0.2) is 30.3 Å². The lowest BCUT2D eigenvalue weighted by molar-refractivity contribution is -0.139. The molecule has 1 rings (SSSR count). The molecule has 1 aromatic carbocycles. The van der Waals surface area contributed by atoms with Crippen LogP contribution in [-0.4, -0.2) is 94.1 Å². The van der Waals surface area contributed by atoms with Crippen molar-refractivity contribution in [2.45, 2.75) is 82.0 Å². The molecule has 254 valence electrons. The van der Waals surface area contributed by atoms with Gasteiger partial charge in [0.05, 0.1) is 0 Å². The Hall–Kier alpha value is -3.87. The smallest absolute Gasteiger partial charge is 0.320 e. The first-order chi connectivity index (χ1) is 20.6. The standard InChI is InChI=1S/C9H11NO2.C6H14N4O2.2C6H14N2O2/c10-8(9(11)12)6-7-4-2-1-3-5-7;7-4(5(11)12)2-1-3-10-6(8)9;2*7-4-2-1-3-5(8)6(9)10/h1-5,8H,6,10H2,(H,11,12);4H,1-3,7H2,(H,11,12)(H4,8,9,10);2*5H,1-4,7-8H2,(H,9,10)/t8-;4-;2*5-/m0000/s1. The van der Waals surface area contributed by atoms with E-state index in [1.807, 2.05) is 30.3 Å². The van der Waals surface area contributed by atoms with Gasteiger partial charge in [-0.25, -0.2) is 0 Å². The molecule has 0 saturated carbocycles. The summed E-state index contributed by atoms with van der Waals surface area (Å²) >= 11 is 0. The first-order valence-electron chi connectivity index (χ1n) is 14.1. The van der Waals surface area contributed by atoms with Crippen molar-refractivity contribution in [2.75, 3.05) is 19.6 Å². The molecule has 44 heavy (non-hydrogen) atoms. The topological polar surface area (TPSA) is 367 Å². The van der Waals surface area contributed by atoms with Crippen LogP contribution in [0.1, 0.15) is 56.9 Å². The van der Waals surface area contributed by atoms with Gasteiger partial charge in [0, 0.05) is 6.54 Å². The number of carboxylic acids is 4. The normalized spacial score (nSPS) is 12.6. The molecule has 0 radical (unpaired) electrons. The highest BCUT2D eigenvalue weighted by Crippen LogP contribution is 2.01. The summed E-state index contributed by atoms with van der Waals surface area (Å²) in [7, 11) is 0. The molecule has 0 unspecified atom stereocenters. The molecule has 0 fully saturated rings. The van der Waals surface area contributed by atoms with Gasteiger partial charge in [-0.3, -0.25) is 24.6 Å². The molecule has 1 aromatic rings. The predicted octanol–water partition coefficient (Wildman–Crippen LogP) is -1.64. The summed E-state index contributed by atoms with van der Waals surface area (Å²) in [5.41, 5.74) is 37.4. The van der Waals surface area contributed by atoms with E-state index in [2.05, 4.69) is 5.32 Å². The van der Waals surface area contributed by atoms with Crippen LogP contribution in [0.2, 0.25) is 0 Å². The van der Waals surface area contributed by atoms with Gasteiger partial charge < -0.3 is 65.9 Å². The van der Waals surface area contributed by atoms with Crippen molar-refractivity contribution in [3.63, 3.8) is 0 Å². The second-order valence-electron chi connectivity index (χ2n) is 9.52. The summed E-state index contributed by atoms with van der Waals surface area (Å²) < 4.78 is 0. The number of hydrogen-bond acceptors (Lipinski definition) is 11. The summed E-state index contributed by atoms with van der Waals surface area (Å²) in [5, 5.41) is 42.9. The van der Waals surface area contributed by atoms with Crippen LogP contribution in [0, 0.1) is 5.41 Å². The van der Waals surface area contributed by atoms with Crippen LogP contribution in [0.4, 0.5) is 0 Å².